The van der Waals surface area contributed by atoms with Crippen molar-refractivity contribution < 1.29 is 44.7 Å². The molecule has 0 aliphatic carbocycles. The minimum Gasteiger partial charge on any atom is -1.00 e. The zero-order valence-corrected chi connectivity index (χ0v) is 23.0. The maximum Gasteiger partial charge on any atom is 0.370 e. The van der Waals surface area contributed by atoms with Crippen LogP contribution in [0.15, 0.2) is 81.5 Å². The number of anilines is 1. The van der Waals surface area contributed by atoms with E-state index in [-0.39, 0.29) is 59.0 Å². The lowest BCUT2D eigenvalue weighted by Crippen LogP contribution is -3.00. The van der Waals surface area contributed by atoms with Gasteiger partial charge < -0.3 is 27.4 Å². The van der Waals surface area contributed by atoms with Crippen LogP contribution >= 0.6 is 23.2 Å². The van der Waals surface area contributed by atoms with E-state index in [1.165, 1.54) is 59.4 Å². The van der Waals surface area contributed by atoms with Crippen molar-refractivity contribution in [2.24, 2.45) is 0 Å². The van der Waals surface area contributed by atoms with Crippen molar-refractivity contribution in [3.63, 3.8) is 0 Å². The molecule has 2 N–H and O–H groups in total. The first kappa shape index (κ1) is 29.0. The summed E-state index contributed by atoms with van der Waals surface area (Å²) in [6.45, 7) is -1.03. The van der Waals surface area contributed by atoms with Crippen LogP contribution in [0.1, 0.15) is 0 Å². The van der Waals surface area contributed by atoms with Crippen LogP contribution in [-0.4, -0.2) is 33.9 Å². The van der Waals surface area contributed by atoms with E-state index in [1.807, 2.05) is 0 Å². The van der Waals surface area contributed by atoms with E-state index in [9.17, 15) is 27.6 Å². The number of carbonyl (C=O) groups excluding carboxylic acids is 1. The van der Waals surface area contributed by atoms with E-state index >= 15 is 0 Å². The topological polar surface area (TPSA) is 148 Å². The molecule has 0 aliphatic heterocycles. The average molecular weight is 644 g/mol. The Morgan fingerprint density at radius 3 is 2.32 bits per heavy atom. The van der Waals surface area contributed by atoms with E-state index in [1.54, 1.807) is 0 Å². The Morgan fingerprint density at radius 1 is 1.00 bits per heavy atom. The van der Waals surface area contributed by atoms with Crippen LogP contribution in [-0.2, 0) is 32.7 Å². The van der Waals surface area contributed by atoms with Crippen molar-refractivity contribution in [1.29, 1.82) is 0 Å². The molecule has 0 bridgehead atoms. The number of pyridine rings is 1. The van der Waals surface area contributed by atoms with Crippen molar-refractivity contribution >= 4 is 61.7 Å². The third-order valence-corrected chi connectivity index (χ3v) is 7.34. The first-order valence-electron chi connectivity index (χ1n) is 10.4. The number of aliphatic carboxylic acids is 1. The Labute approximate surface area is 235 Å². The molecule has 2 aromatic carbocycles. The van der Waals surface area contributed by atoms with Gasteiger partial charge in [0.1, 0.15) is 12.2 Å². The van der Waals surface area contributed by atoms with Gasteiger partial charge in [0.25, 0.3) is 15.6 Å². The van der Waals surface area contributed by atoms with Gasteiger partial charge in [-0.05, 0) is 48.5 Å². The Hall–Kier alpha value is -3.52. The lowest BCUT2D eigenvalue weighted by Gasteiger charge is -2.14. The van der Waals surface area contributed by atoms with Crippen molar-refractivity contribution in [2.75, 3.05) is 5.32 Å². The fraction of sp³-hybridized carbons (Fsp3) is 0.0870. The number of halogens is 3. The molecule has 0 saturated carbocycles. The number of carbonyl (C=O) groups is 2. The number of aromatic nitrogens is 3. The van der Waals surface area contributed by atoms with E-state index in [2.05, 4.69) is 5.32 Å². The van der Waals surface area contributed by atoms with Gasteiger partial charge in [-0.15, -0.1) is 3.97 Å². The molecule has 2 heterocycles. The van der Waals surface area contributed by atoms with E-state index in [0.717, 1.165) is 16.7 Å². The van der Waals surface area contributed by atoms with E-state index in [4.69, 9.17) is 28.3 Å². The van der Waals surface area contributed by atoms with Crippen molar-refractivity contribution in [1.82, 2.24) is 8.54 Å². The van der Waals surface area contributed by atoms with Crippen LogP contribution < -0.4 is 38.1 Å². The molecule has 0 unspecified atom stereocenters. The van der Waals surface area contributed by atoms with Crippen LogP contribution in [0.3, 0.4) is 0 Å². The second-order valence-electron chi connectivity index (χ2n) is 7.77. The zero-order valence-electron chi connectivity index (χ0n) is 19.0. The molecule has 0 spiro atoms. The van der Waals surface area contributed by atoms with Crippen LogP contribution in [0.25, 0.3) is 10.9 Å². The molecule has 0 fully saturated rings. The number of nitrogens with zero attached hydrogens (tertiary/aromatic N) is 3. The molecule has 4 aromatic rings. The normalized spacial score (nSPS) is 11.1. The average Bonchev–Trinajstić information content (AvgIpc) is 2.81. The molecule has 0 atom stereocenters. The van der Waals surface area contributed by atoms with Crippen molar-refractivity contribution in [3.05, 3.63) is 97.9 Å². The van der Waals surface area contributed by atoms with Crippen LogP contribution in [0.4, 0.5) is 5.69 Å². The molecule has 2 aromatic heterocycles. The number of benzene rings is 2. The van der Waals surface area contributed by atoms with Gasteiger partial charge in [0.15, 0.2) is 12.4 Å². The smallest absolute Gasteiger partial charge is 0.370 e. The van der Waals surface area contributed by atoms with Gasteiger partial charge in [0.05, 0.1) is 15.8 Å². The Balaban J connectivity index is 0.00000400. The van der Waals surface area contributed by atoms with Gasteiger partial charge in [0.2, 0.25) is 12.5 Å². The maximum absolute atomic E-state index is 13.4. The number of hydrogen-bond donors (Lipinski definition) is 2. The second-order valence-corrected chi connectivity index (χ2v) is 10.4. The molecule has 38 heavy (non-hydrogen) atoms. The molecular formula is C23H17BrCl2N4O7S. The number of carboxylic acid groups (broad SMARTS) is 1. The largest absolute Gasteiger partial charge is 1.00 e. The van der Waals surface area contributed by atoms with Gasteiger partial charge in [-0.25, -0.2) is 18.0 Å². The summed E-state index contributed by atoms with van der Waals surface area (Å²) in [5.74, 6) is -1.84. The molecule has 0 aliphatic rings. The highest BCUT2D eigenvalue weighted by atomic mass is 79.9. The molecule has 198 valence electrons. The summed E-state index contributed by atoms with van der Waals surface area (Å²) in [6.07, 6.45) is 2.86. The molecule has 11 nitrogen and oxygen atoms in total. The van der Waals surface area contributed by atoms with Gasteiger partial charge in [-0.1, -0.05) is 23.2 Å². The quantitative estimate of drug-likeness (QED) is 0.238. The fourth-order valence-corrected chi connectivity index (χ4v) is 5.19. The summed E-state index contributed by atoms with van der Waals surface area (Å²) in [7, 11) is -4.66. The molecule has 4 rings (SSSR count). The highest BCUT2D eigenvalue weighted by molar-refractivity contribution is 7.90. The van der Waals surface area contributed by atoms with Gasteiger partial charge in [-0.3, -0.25) is 14.2 Å². The highest BCUT2D eigenvalue weighted by Gasteiger charge is 2.26. The molecule has 0 saturated heterocycles. The summed E-state index contributed by atoms with van der Waals surface area (Å²) in [5.41, 5.74) is -2.21. The molecule has 0 radical (unpaired) electrons. The van der Waals surface area contributed by atoms with Gasteiger partial charge >= 0.3 is 11.7 Å². The van der Waals surface area contributed by atoms with Gasteiger partial charge in [-0.2, -0.15) is 4.57 Å². The van der Waals surface area contributed by atoms with Crippen LogP contribution in [0.5, 0.6) is 0 Å². The third kappa shape index (κ3) is 5.96. The lowest BCUT2D eigenvalue weighted by atomic mass is 10.2. The minimum atomic E-state index is -4.66. The predicted molar refractivity (Wildman–Crippen MR) is 134 cm³/mol. The summed E-state index contributed by atoms with van der Waals surface area (Å²) in [4.78, 5) is 50.0. The first-order valence-corrected chi connectivity index (χ1v) is 12.6. The van der Waals surface area contributed by atoms with Crippen LogP contribution in [0.2, 0.25) is 10.0 Å². The monoisotopic (exact) mass is 642 g/mol. The number of hydrogen-bond acceptors (Lipinski definition) is 6. The van der Waals surface area contributed by atoms with Crippen molar-refractivity contribution in [3.8, 4) is 0 Å². The Bertz CT molecular complexity index is 1790. The Morgan fingerprint density at radius 2 is 1.66 bits per heavy atom. The van der Waals surface area contributed by atoms with Crippen LogP contribution in [0, 0.1) is 0 Å². The molecule has 1 amide bonds. The standard InChI is InChI=1S/C23H16Cl2N4O7S.BrH/c24-14-3-6-17(7-4-14)37(35,36)29-22(33)18-8-5-15(25)10-19(18)28(23(29)34)12-20(30)26-16-2-1-9-27(11-16)13-21(31)32;/h1-11H,12-13H2,(H-,26,30,31,32);1H. The number of carboxylic acids is 1. The SMILES string of the molecule is O=C(O)C[n+]1cccc(NC(=O)Cn2c(=O)n(S(=O)(=O)c3ccc(Cl)cc3)c(=O)c3ccc(Cl)cc32)c1.[Br-]. The first-order chi connectivity index (χ1) is 17.5. The Kier molecular flexibility index (Phi) is 8.77. The number of fused-ring (bicyclic) bond motifs is 1. The number of rotatable bonds is 7. The molecule has 15 heteroatoms. The summed E-state index contributed by atoms with van der Waals surface area (Å²) < 4.78 is 28.8. The summed E-state index contributed by atoms with van der Waals surface area (Å²) >= 11 is 11.9. The highest BCUT2D eigenvalue weighted by Crippen LogP contribution is 2.19. The second kappa shape index (κ2) is 11.5. The van der Waals surface area contributed by atoms with E-state index < -0.39 is 39.7 Å². The zero-order chi connectivity index (χ0) is 26.9. The lowest BCUT2D eigenvalue weighted by molar-refractivity contribution is -0.685. The molecular weight excluding hydrogens is 627 g/mol. The summed E-state index contributed by atoms with van der Waals surface area (Å²) in [5, 5.41) is 11.7. The third-order valence-electron chi connectivity index (χ3n) is 5.18. The predicted octanol–water partition coefficient (Wildman–Crippen LogP) is -1.28. The summed E-state index contributed by atoms with van der Waals surface area (Å²) in [6, 6.07) is 11.8. The fourth-order valence-electron chi connectivity index (χ4n) is 3.59. The minimum absolute atomic E-state index is 0. The maximum atomic E-state index is 13.4. The van der Waals surface area contributed by atoms with Gasteiger partial charge in [0, 0.05) is 16.1 Å². The van der Waals surface area contributed by atoms with Crippen molar-refractivity contribution in [2.45, 2.75) is 18.0 Å². The number of nitrogens with one attached hydrogen (secondary N) is 1. The van der Waals surface area contributed by atoms with E-state index in [0.29, 0.717) is 0 Å². The number of amides is 1.